The number of hydrogen-bond donors (Lipinski definition) is 2. The topological polar surface area (TPSA) is 80.3 Å². The van der Waals surface area contributed by atoms with Gasteiger partial charge in [-0.3, -0.25) is 19.5 Å². The second-order valence-electron chi connectivity index (χ2n) is 8.64. The highest BCUT2D eigenvalue weighted by Gasteiger charge is 2.31. The van der Waals surface area contributed by atoms with Gasteiger partial charge < -0.3 is 20.4 Å². The molecule has 2 fully saturated rings. The molecule has 2 saturated heterocycles. The third-order valence-corrected chi connectivity index (χ3v) is 5.85. The van der Waals surface area contributed by atoms with Gasteiger partial charge in [0, 0.05) is 52.4 Å². The molecule has 2 aliphatic heterocycles. The number of carbonyl (C=O) groups excluding carboxylic acids is 2. The molecule has 29 heavy (non-hydrogen) atoms. The van der Waals surface area contributed by atoms with Gasteiger partial charge in [0.15, 0.2) is 5.96 Å². The van der Waals surface area contributed by atoms with E-state index >= 15 is 0 Å². The number of piperazine rings is 1. The monoisotopic (exact) mass is 408 g/mol. The molecule has 0 aromatic heterocycles. The van der Waals surface area contributed by atoms with E-state index < -0.39 is 5.41 Å². The molecule has 2 aliphatic rings. The normalized spacial score (nSPS) is 20.0. The Balaban J connectivity index is 1.93. The zero-order valence-electron chi connectivity index (χ0n) is 19.0. The predicted molar refractivity (Wildman–Crippen MR) is 117 cm³/mol. The second kappa shape index (κ2) is 10.8. The molecule has 0 bridgehead atoms. The quantitative estimate of drug-likeness (QED) is 0.480. The fourth-order valence-corrected chi connectivity index (χ4v) is 3.85. The van der Waals surface area contributed by atoms with E-state index in [0.717, 1.165) is 64.6 Å². The zero-order valence-corrected chi connectivity index (χ0v) is 19.0. The molecular weight excluding hydrogens is 368 g/mol. The van der Waals surface area contributed by atoms with Crippen LogP contribution in [0.3, 0.4) is 0 Å². The summed E-state index contributed by atoms with van der Waals surface area (Å²) in [5.41, 5.74) is -0.546. The summed E-state index contributed by atoms with van der Waals surface area (Å²) in [6, 6.07) is -0.0635. The molecular formula is C21H40N6O2. The van der Waals surface area contributed by atoms with Crippen molar-refractivity contribution >= 4 is 17.8 Å². The van der Waals surface area contributed by atoms with Crippen LogP contribution in [0, 0.1) is 5.41 Å². The van der Waals surface area contributed by atoms with Crippen molar-refractivity contribution in [1.82, 2.24) is 25.3 Å². The molecule has 0 spiro atoms. The van der Waals surface area contributed by atoms with E-state index in [2.05, 4.69) is 27.4 Å². The third kappa shape index (κ3) is 6.32. The fourth-order valence-electron chi connectivity index (χ4n) is 3.85. The van der Waals surface area contributed by atoms with Gasteiger partial charge in [-0.15, -0.1) is 0 Å². The molecule has 8 heteroatoms. The lowest BCUT2D eigenvalue weighted by molar-refractivity contribution is -0.135. The van der Waals surface area contributed by atoms with E-state index in [9.17, 15) is 9.59 Å². The molecule has 0 aliphatic carbocycles. The van der Waals surface area contributed by atoms with Gasteiger partial charge in [-0.1, -0.05) is 0 Å². The van der Waals surface area contributed by atoms with E-state index in [-0.39, 0.29) is 17.9 Å². The smallest absolute Gasteiger partial charge is 0.239 e. The minimum Gasteiger partial charge on any atom is -0.357 e. The van der Waals surface area contributed by atoms with Crippen LogP contribution >= 0.6 is 0 Å². The number of rotatable bonds is 7. The molecule has 2 rings (SSSR count). The van der Waals surface area contributed by atoms with Crippen molar-refractivity contribution in [2.45, 2.75) is 53.5 Å². The van der Waals surface area contributed by atoms with Gasteiger partial charge in [-0.25, -0.2) is 0 Å². The summed E-state index contributed by atoms with van der Waals surface area (Å²) in [6.45, 7) is 16.8. The number of carbonyl (C=O) groups is 2. The fraction of sp³-hybridized carbons (Fsp3) is 0.857. The Morgan fingerprint density at radius 1 is 0.931 bits per heavy atom. The van der Waals surface area contributed by atoms with Crippen molar-refractivity contribution in [2.75, 3.05) is 58.9 Å². The Hall–Kier alpha value is -1.83. The van der Waals surface area contributed by atoms with Crippen molar-refractivity contribution < 1.29 is 9.59 Å². The molecule has 0 radical (unpaired) electrons. The van der Waals surface area contributed by atoms with Crippen molar-refractivity contribution in [1.29, 1.82) is 0 Å². The molecule has 0 aromatic carbocycles. The standard InChI is InChI=1S/C21H40N6O2/c1-6-22-19(29)21(4,5)16-24-20(23-7-2)27-14-12-25(13-15-27)17(3)18(28)26-10-8-9-11-26/h17H,6-16H2,1-5H3,(H,22,29)(H,23,24). The van der Waals surface area contributed by atoms with E-state index in [1.54, 1.807) is 0 Å². The number of nitrogens with one attached hydrogen (secondary N) is 2. The Morgan fingerprint density at radius 3 is 2.07 bits per heavy atom. The number of nitrogens with zero attached hydrogens (tertiary/aromatic N) is 4. The summed E-state index contributed by atoms with van der Waals surface area (Å²) in [5, 5.41) is 6.25. The first kappa shape index (κ1) is 23.4. The van der Waals surface area contributed by atoms with Gasteiger partial charge in [0.25, 0.3) is 0 Å². The predicted octanol–water partition coefficient (Wildman–Crippen LogP) is 0.743. The molecule has 1 atom stereocenters. The van der Waals surface area contributed by atoms with Crippen LogP contribution in [0.15, 0.2) is 4.99 Å². The largest absolute Gasteiger partial charge is 0.357 e. The van der Waals surface area contributed by atoms with Gasteiger partial charge in [0.1, 0.15) is 0 Å². The number of aliphatic imine (C=N–C) groups is 1. The van der Waals surface area contributed by atoms with Crippen LogP contribution in [-0.4, -0.2) is 97.4 Å². The minimum atomic E-state index is -0.546. The van der Waals surface area contributed by atoms with E-state index in [1.807, 2.05) is 32.6 Å². The van der Waals surface area contributed by atoms with Gasteiger partial charge in [0.2, 0.25) is 11.8 Å². The Labute approximate surface area is 176 Å². The lowest BCUT2D eigenvalue weighted by Crippen LogP contribution is -2.57. The number of amides is 2. The first-order chi connectivity index (χ1) is 13.8. The van der Waals surface area contributed by atoms with Crippen molar-refractivity contribution in [2.24, 2.45) is 10.4 Å². The lowest BCUT2D eigenvalue weighted by Gasteiger charge is -2.39. The first-order valence-corrected chi connectivity index (χ1v) is 11.1. The molecule has 2 amide bonds. The molecule has 0 aromatic rings. The summed E-state index contributed by atoms with van der Waals surface area (Å²) in [7, 11) is 0. The highest BCUT2D eigenvalue weighted by atomic mass is 16.2. The van der Waals surface area contributed by atoms with Crippen LogP contribution in [-0.2, 0) is 9.59 Å². The molecule has 2 heterocycles. The molecule has 166 valence electrons. The van der Waals surface area contributed by atoms with Crippen LogP contribution in [0.1, 0.15) is 47.5 Å². The first-order valence-electron chi connectivity index (χ1n) is 11.1. The van der Waals surface area contributed by atoms with Gasteiger partial charge in [-0.05, 0) is 47.5 Å². The van der Waals surface area contributed by atoms with Gasteiger partial charge in [-0.2, -0.15) is 0 Å². The van der Waals surface area contributed by atoms with E-state index in [1.165, 1.54) is 0 Å². The number of likely N-dealkylation sites (tertiary alicyclic amines) is 1. The van der Waals surface area contributed by atoms with Crippen molar-refractivity contribution in [3.63, 3.8) is 0 Å². The van der Waals surface area contributed by atoms with Crippen molar-refractivity contribution in [3.8, 4) is 0 Å². The second-order valence-corrected chi connectivity index (χ2v) is 8.64. The highest BCUT2D eigenvalue weighted by Crippen LogP contribution is 2.17. The summed E-state index contributed by atoms with van der Waals surface area (Å²) in [4.78, 5) is 36.2. The van der Waals surface area contributed by atoms with Crippen molar-refractivity contribution in [3.05, 3.63) is 0 Å². The van der Waals surface area contributed by atoms with Crippen LogP contribution in [0.2, 0.25) is 0 Å². The van der Waals surface area contributed by atoms with Gasteiger partial charge in [0.05, 0.1) is 18.0 Å². The summed E-state index contributed by atoms with van der Waals surface area (Å²) < 4.78 is 0. The minimum absolute atomic E-state index is 0.0265. The lowest BCUT2D eigenvalue weighted by atomic mass is 9.92. The van der Waals surface area contributed by atoms with Crippen LogP contribution < -0.4 is 10.6 Å². The van der Waals surface area contributed by atoms with E-state index in [0.29, 0.717) is 13.1 Å². The van der Waals surface area contributed by atoms with Gasteiger partial charge >= 0.3 is 0 Å². The maximum Gasteiger partial charge on any atom is 0.239 e. The average molecular weight is 409 g/mol. The maximum absolute atomic E-state index is 12.7. The summed E-state index contributed by atoms with van der Waals surface area (Å²) >= 11 is 0. The van der Waals surface area contributed by atoms with Crippen LogP contribution in [0.5, 0.6) is 0 Å². The average Bonchev–Trinajstić information content (AvgIpc) is 3.25. The molecule has 2 N–H and O–H groups in total. The molecule has 8 nitrogen and oxygen atoms in total. The Morgan fingerprint density at radius 2 is 1.52 bits per heavy atom. The molecule has 1 unspecified atom stereocenters. The SMILES string of the molecule is CCNC(=O)C(C)(C)CN=C(NCC)N1CCN(C(C)C(=O)N2CCCC2)CC1. The number of hydrogen-bond acceptors (Lipinski definition) is 4. The van der Waals surface area contributed by atoms with Crippen LogP contribution in [0.4, 0.5) is 0 Å². The highest BCUT2D eigenvalue weighted by molar-refractivity contribution is 5.84. The maximum atomic E-state index is 12.7. The van der Waals surface area contributed by atoms with E-state index in [4.69, 9.17) is 4.99 Å². The summed E-state index contributed by atoms with van der Waals surface area (Å²) in [5.74, 6) is 1.14. The van der Waals surface area contributed by atoms with Crippen LogP contribution in [0.25, 0.3) is 0 Å². The number of guanidine groups is 1. The Kier molecular flexibility index (Phi) is 8.74. The zero-order chi connectivity index (χ0) is 21.4. The Bertz CT molecular complexity index is 578. The molecule has 0 saturated carbocycles. The summed E-state index contributed by atoms with van der Waals surface area (Å²) in [6.07, 6.45) is 2.25. The third-order valence-electron chi connectivity index (χ3n) is 5.85.